The van der Waals surface area contributed by atoms with Gasteiger partial charge in [0.2, 0.25) is 0 Å². The standard InChI is InChI=1S/C17H14N2O2/c1-11-3-7-13(8-4-11)15-16(20)17(21)19(18-15)14-9-5-12(2)6-10-14/h3-10H,1-2H3. The molecule has 0 atom stereocenters. The number of aryl methyl sites for hydroxylation is 2. The molecule has 104 valence electrons. The van der Waals surface area contributed by atoms with Crippen LogP contribution in [-0.4, -0.2) is 17.4 Å². The van der Waals surface area contributed by atoms with Gasteiger partial charge in [-0.25, -0.2) is 0 Å². The van der Waals surface area contributed by atoms with Crippen LogP contribution in [0.4, 0.5) is 5.69 Å². The third kappa shape index (κ3) is 2.36. The lowest BCUT2D eigenvalue weighted by Gasteiger charge is -2.10. The lowest BCUT2D eigenvalue weighted by Crippen LogP contribution is -2.27. The molecule has 0 saturated carbocycles. The number of hydrogen-bond acceptors (Lipinski definition) is 3. The van der Waals surface area contributed by atoms with Crippen molar-refractivity contribution in [3.05, 3.63) is 65.2 Å². The van der Waals surface area contributed by atoms with E-state index in [9.17, 15) is 9.59 Å². The van der Waals surface area contributed by atoms with Crippen LogP contribution in [0.5, 0.6) is 0 Å². The highest BCUT2D eigenvalue weighted by atomic mass is 16.2. The molecule has 0 radical (unpaired) electrons. The molecule has 1 aliphatic rings. The molecule has 0 spiro atoms. The number of rotatable bonds is 2. The summed E-state index contributed by atoms with van der Waals surface area (Å²) in [5, 5.41) is 5.36. The lowest BCUT2D eigenvalue weighted by molar-refractivity contribution is -0.131. The first-order valence-corrected chi connectivity index (χ1v) is 6.67. The van der Waals surface area contributed by atoms with Gasteiger partial charge >= 0.3 is 5.91 Å². The Bertz CT molecular complexity index is 743. The summed E-state index contributed by atoms with van der Waals surface area (Å²) >= 11 is 0. The van der Waals surface area contributed by atoms with Crippen molar-refractivity contribution in [2.75, 3.05) is 5.01 Å². The molecule has 1 amide bonds. The van der Waals surface area contributed by atoms with Crippen molar-refractivity contribution in [3.63, 3.8) is 0 Å². The maximum Gasteiger partial charge on any atom is 0.321 e. The molecule has 0 saturated heterocycles. The molecule has 4 heteroatoms. The van der Waals surface area contributed by atoms with Crippen LogP contribution in [0.3, 0.4) is 0 Å². The molecule has 0 N–H and O–H groups in total. The maximum atomic E-state index is 12.1. The number of amides is 1. The Morgan fingerprint density at radius 2 is 1.33 bits per heavy atom. The predicted octanol–water partition coefficient (Wildman–Crippen LogP) is 2.62. The molecular weight excluding hydrogens is 264 g/mol. The van der Waals surface area contributed by atoms with E-state index >= 15 is 0 Å². The summed E-state index contributed by atoms with van der Waals surface area (Å²) in [5.74, 6) is -1.19. The normalized spacial score (nSPS) is 14.6. The number of nitrogens with zero attached hydrogens (tertiary/aromatic N) is 2. The number of hydrogen-bond donors (Lipinski definition) is 0. The van der Waals surface area contributed by atoms with E-state index in [1.165, 1.54) is 0 Å². The Morgan fingerprint density at radius 1 is 0.810 bits per heavy atom. The first-order chi connectivity index (χ1) is 10.1. The Labute approximate surface area is 122 Å². The van der Waals surface area contributed by atoms with Gasteiger partial charge in [0.25, 0.3) is 5.78 Å². The average molecular weight is 278 g/mol. The summed E-state index contributed by atoms with van der Waals surface area (Å²) in [6.45, 7) is 3.92. The molecule has 1 heterocycles. The van der Waals surface area contributed by atoms with Gasteiger partial charge in [0.15, 0.2) is 0 Å². The third-order valence-corrected chi connectivity index (χ3v) is 3.41. The highest BCUT2D eigenvalue weighted by Crippen LogP contribution is 2.21. The summed E-state index contributed by atoms with van der Waals surface area (Å²) in [5.41, 5.74) is 3.63. The summed E-state index contributed by atoms with van der Waals surface area (Å²) in [6, 6.07) is 14.7. The second-order valence-electron chi connectivity index (χ2n) is 5.10. The Balaban J connectivity index is 2.00. The second-order valence-corrected chi connectivity index (χ2v) is 5.10. The van der Waals surface area contributed by atoms with E-state index in [1.807, 2.05) is 38.1 Å². The molecule has 0 bridgehead atoms. The average Bonchev–Trinajstić information content (AvgIpc) is 2.78. The van der Waals surface area contributed by atoms with Crippen LogP contribution in [-0.2, 0) is 9.59 Å². The van der Waals surface area contributed by atoms with Crippen LogP contribution < -0.4 is 5.01 Å². The van der Waals surface area contributed by atoms with Crippen molar-refractivity contribution in [2.24, 2.45) is 5.10 Å². The summed E-state index contributed by atoms with van der Waals surface area (Å²) in [6.07, 6.45) is 0. The number of Topliss-reactive ketones (excluding diaryl/α,β-unsaturated/α-hetero) is 1. The summed E-state index contributed by atoms with van der Waals surface area (Å²) in [4.78, 5) is 24.2. The van der Waals surface area contributed by atoms with Gasteiger partial charge in [0, 0.05) is 5.56 Å². The van der Waals surface area contributed by atoms with Gasteiger partial charge in [-0.15, -0.1) is 0 Å². The molecular formula is C17H14N2O2. The van der Waals surface area contributed by atoms with Crippen molar-refractivity contribution in [1.29, 1.82) is 0 Å². The number of ketones is 1. The minimum absolute atomic E-state index is 0.195. The molecule has 2 aromatic rings. The van der Waals surface area contributed by atoms with E-state index in [4.69, 9.17) is 0 Å². The SMILES string of the molecule is Cc1ccc(C2=NN(c3ccc(C)cc3)C(=O)C2=O)cc1. The molecule has 0 fully saturated rings. The van der Waals surface area contributed by atoms with Gasteiger partial charge in [-0.2, -0.15) is 10.1 Å². The molecule has 1 aliphatic heterocycles. The van der Waals surface area contributed by atoms with Gasteiger partial charge in [-0.05, 0) is 26.0 Å². The van der Waals surface area contributed by atoms with Crippen LogP contribution in [0.1, 0.15) is 16.7 Å². The van der Waals surface area contributed by atoms with E-state index in [2.05, 4.69) is 5.10 Å². The van der Waals surface area contributed by atoms with Gasteiger partial charge in [-0.1, -0.05) is 47.5 Å². The summed E-state index contributed by atoms with van der Waals surface area (Å²) in [7, 11) is 0. The van der Waals surface area contributed by atoms with Crippen molar-refractivity contribution < 1.29 is 9.59 Å². The quantitative estimate of drug-likeness (QED) is 0.793. The van der Waals surface area contributed by atoms with Gasteiger partial charge in [0.1, 0.15) is 5.71 Å². The largest absolute Gasteiger partial charge is 0.321 e. The number of carbonyl (C=O) groups is 2. The zero-order chi connectivity index (χ0) is 15.0. The van der Waals surface area contributed by atoms with Crippen LogP contribution in [0.25, 0.3) is 0 Å². The zero-order valence-electron chi connectivity index (χ0n) is 11.8. The molecule has 0 unspecified atom stereocenters. The second kappa shape index (κ2) is 4.98. The van der Waals surface area contributed by atoms with Crippen LogP contribution >= 0.6 is 0 Å². The van der Waals surface area contributed by atoms with E-state index in [0.717, 1.165) is 16.1 Å². The predicted molar refractivity (Wildman–Crippen MR) is 81.4 cm³/mol. The summed E-state index contributed by atoms with van der Waals surface area (Å²) < 4.78 is 0. The zero-order valence-corrected chi connectivity index (χ0v) is 11.8. The monoisotopic (exact) mass is 278 g/mol. The lowest BCUT2D eigenvalue weighted by atomic mass is 10.1. The van der Waals surface area contributed by atoms with Crippen LogP contribution in [0.15, 0.2) is 53.6 Å². The van der Waals surface area contributed by atoms with E-state index in [1.54, 1.807) is 24.3 Å². The van der Waals surface area contributed by atoms with Crippen molar-refractivity contribution in [2.45, 2.75) is 13.8 Å². The smallest absolute Gasteiger partial charge is 0.281 e. The van der Waals surface area contributed by atoms with E-state index in [0.29, 0.717) is 11.3 Å². The minimum atomic E-state index is -0.616. The molecule has 21 heavy (non-hydrogen) atoms. The van der Waals surface area contributed by atoms with Crippen LogP contribution in [0.2, 0.25) is 0 Å². The van der Waals surface area contributed by atoms with Crippen molar-refractivity contribution in [3.8, 4) is 0 Å². The first kappa shape index (κ1) is 13.2. The highest BCUT2D eigenvalue weighted by Gasteiger charge is 2.35. The Morgan fingerprint density at radius 3 is 1.90 bits per heavy atom. The fourth-order valence-corrected chi connectivity index (χ4v) is 2.15. The fourth-order valence-electron chi connectivity index (χ4n) is 2.15. The van der Waals surface area contributed by atoms with Crippen LogP contribution in [0, 0.1) is 13.8 Å². The van der Waals surface area contributed by atoms with E-state index in [-0.39, 0.29) is 5.71 Å². The Hall–Kier alpha value is -2.75. The molecule has 2 aromatic carbocycles. The van der Waals surface area contributed by atoms with E-state index < -0.39 is 11.7 Å². The number of carbonyl (C=O) groups excluding carboxylic acids is 2. The number of benzene rings is 2. The Kier molecular flexibility index (Phi) is 3.14. The topological polar surface area (TPSA) is 49.7 Å². The first-order valence-electron chi connectivity index (χ1n) is 6.67. The van der Waals surface area contributed by atoms with Crippen molar-refractivity contribution in [1.82, 2.24) is 0 Å². The fraction of sp³-hybridized carbons (Fsp3) is 0.118. The highest BCUT2D eigenvalue weighted by molar-refractivity contribution is 6.72. The van der Waals surface area contributed by atoms with Gasteiger partial charge in [0.05, 0.1) is 5.69 Å². The molecule has 0 aliphatic carbocycles. The molecule has 4 nitrogen and oxygen atoms in total. The molecule has 3 rings (SSSR count). The van der Waals surface area contributed by atoms with Crippen molar-refractivity contribution >= 4 is 23.1 Å². The number of hydrazone groups is 1. The molecule has 0 aromatic heterocycles. The van der Waals surface area contributed by atoms with Gasteiger partial charge in [-0.3, -0.25) is 9.59 Å². The maximum absolute atomic E-state index is 12.1. The number of anilines is 1. The third-order valence-electron chi connectivity index (χ3n) is 3.41. The minimum Gasteiger partial charge on any atom is -0.281 e. The van der Waals surface area contributed by atoms with Gasteiger partial charge < -0.3 is 0 Å².